The molecule has 6 nitrogen and oxygen atoms in total. The van der Waals surface area contributed by atoms with Crippen LogP contribution in [0, 0.1) is 5.92 Å². The lowest BCUT2D eigenvalue weighted by Crippen LogP contribution is -2.42. The van der Waals surface area contributed by atoms with E-state index in [1.54, 1.807) is 0 Å². The van der Waals surface area contributed by atoms with Crippen molar-refractivity contribution in [1.82, 2.24) is 19.8 Å². The highest BCUT2D eigenvalue weighted by Crippen LogP contribution is 2.40. The van der Waals surface area contributed by atoms with Gasteiger partial charge in [-0.1, -0.05) is 13.3 Å². The summed E-state index contributed by atoms with van der Waals surface area (Å²) in [5.41, 5.74) is 2.69. The third kappa shape index (κ3) is 3.38. The monoisotopic (exact) mass is 379 g/mol. The van der Waals surface area contributed by atoms with E-state index in [0.29, 0.717) is 13.1 Å². The van der Waals surface area contributed by atoms with Gasteiger partial charge in [0.1, 0.15) is 12.2 Å². The minimum atomic E-state index is -4.41. The number of aliphatic imine (C=N–C) groups is 1. The average Bonchev–Trinajstić information content (AvgIpc) is 3.33. The van der Waals surface area contributed by atoms with Gasteiger partial charge in [-0.3, -0.25) is 0 Å². The van der Waals surface area contributed by atoms with Gasteiger partial charge in [0.05, 0.1) is 6.54 Å². The van der Waals surface area contributed by atoms with Crippen molar-refractivity contribution in [2.24, 2.45) is 10.9 Å². The minimum absolute atomic E-state index is 0.00469. The number of carbonyl (C=O) groups is 1. The van der Waals surface area contributed by atoms with E-state index in [2.05, 4.69) is 4.99 Å². The molecule has 0 bridgehead atoms. The number of aromatic nitrogens is 2. The molecule has 4 rings (SSSR count). The predicted molar refractivity (Wildman–Crippen MR) is 94.5 cm³/mol. The number of hydrogen-bond acceptors (Lipinski definition) is 3. The highest BCUT2D eigenvalue weighted by atomic mass is 19.4. The highest BCUT2D eigenvalue weighted by molar-refractivity contribution is 5.79. The Hall–Kier alpha value is -2.58. The molecule has 0 saturated carbocycles. The van der Waals surface area contributed by atoms with Crippen LogP contribution in [0.15, 0.2) is 23.3 Å². The summed E-state index contributed by atoms with van der Waals surface area (Å²) in [5.74, 6) is 0.991. The van der Waals surface area contributed by atoms with Gasteiger partial charge in [0.25, 0.3) is 0 Å². The Morgan fingerprint density at radius 1 is 1.37 bits per heavy atom. The third-order valence-corrected chi connectivity index (χ3v) is 5.30. The third-order valence-electron chi connectivity index (χ3n) is 5.30. The summed E-state index contributed by atoms with van der Waals surface area (Å²) >= 11 is 0. The molecule has 1 saturated heterocycles. The lowest BCUT2D eigenvalue weighted by molar-refractivity contribution is -0.123. The molecule has 4 aliphatic rings. The maximum atomic E-state index is 12.4. The molecule has 144 valence electrons. The molecule has 27 heavy (non-hydrogen) atoms. The van der Waals surface area contributed by atoms with Crippen LogP contribution in [-0.2, 0) is 6.54 Å². The predicted octanol–water partition coefficient (Wildman–Crippen LogP) is 3.40. The second-order valence-electron chi connectivity index (χ2n) is 7.04. The molecule has 0 radical (unpaired) electrons. The number of fused-ring (bicyclic) bond motifs is 3. The number of halogens is 3. The number of rotatable bonds is 3. The second kappa shape index (κ2) is 6.54. The lowest BCUT2D eigenvalue weighted by Gasteiger charge is -2.17. The Kier molecular flexibility index (Phi) is 4.32. The van der Waals surface area contributed by atoms with Crippen LogP contribution in [-0.4, -0.2) is 52.5 Å². The topological polar surface area (TPSA) is 62.5 Å². The van der Waals surface area contributed by atoms with Crippen molar-refractivity contribution in [3.63, 3.8) is 0 Å². The van der Waals surface area contributed by atoms with Gasteiger partial charge in [0.15, 0.2) is 5.82 Å². The first-order valence-electron chi connectivity index (χ1n) is 8.97. The Bertz CT molecular complexity index is 859. The lowest BCUT2D eigenvalue weighted by atomic mass is 9.91. The van der Waals surface area contributed by atoms with Crippen LogP contribution in [0.2, 0.25) is 0 Å². The maximum Gasteiger partial charge on any atom is 0.405 e. The van der Waals surface area contributed by atoms with Gasteiger partial charge < -0.3 is 14.8 Å². The SMILES string of the molecule is CC[C@@H]1CN(C(=O)NCC(F)(F)F)C[C@@H]1c1cc2ccn3c(c-2n1)N=CC3. The quantitative estimate of drug-likeness (QED) is 0.889. The van der Waals surface area contributed by atoms with Gasteiger partial charge in [0.2, 0.25) is 0 Å². The van der Waals surface area contributed by atoms with Crippen LogP contribution in [0.4, 0.5) is 23.8 Å². The van der Waals surface area contributed by atoms with Gasteiger partial charge in [-0.2, -0.15) is 13.2 Å². The molecule has 0 unspecified atom stereocenters. The van der Waals surface area contributed by atoms with E-state index in [0.717, 1.165) is 35.7 Å². The molecule has 0 aromatic carbocycles. The number of urea groups is 1. The molecule has 0 aliphatic carbocycles. The van der Waals surface area contributed by atoms with E-state index in [1.807, 2.05) is 41.4 Å². The largest absolute Gasteiger partial charge is 0.405 e. The molecule has 0 aromatic heterocycles. The molecule has 0 spiro atoms. The van der Waals surface area contributed by atoms with Crippen LogP contribution in [0.5, 0.6) is 0 Å². The molecule has 0 aromatic rings. The van der Waals surface area contributed by atoms with Crippen LogP contribution < -0.4 is 5.32 Å². The molecule has 1 N–H and O–H groups in total. The summed E-state index contributed by atoms with van der Waals surface area (Å²) in [6, 6.07) is 3.33. The Morgan fingerprint density at radius 2 is 2.19 bits per heavy atom. The summed E-state index contributed by atoms with van der Waals surface area (Å²) in [5, 5.41) is 1.96. The van der Waals surface area contributed by atoms with E-state index in [1.165, 1.54) is 4.90 Å². The van der Waals surface area contributed by atoms with Crippen molar-refractivity contribution >= 4 is 18.1 Å². The number of hydrogen-bond donors (Lipinski definition) is 1. The first-order valence-corrected chi connectivity index (χ1v) is 8.97. The number of nitrogens with zero attached hydrogens (tertiary/aromatic N) is 4. The molecule has 2 atom stereocenters. The van der Waals surface area contributed by atoms with Crippen molar-refractivity contribution in [3.05, 3.63) is 24.0 Å². The standard InChI is InChI=1S/C18H20F3N5O/c1-2-11-8-26(17(27)23-10-18(19,20)21)9-13(11)14-7-12-3-5-25-6-4-22-16(25)15(12)24-14/h3-5,7,11,13H,2,6,8-10H2,1H3,(H,23,27)/t11-,13+/m1/s1. The van der Waals surface area contributed by atoms with E-state index in [9.17, 15) is 18.0 Å². The molecule has 4 heterocycles. The van der Waals surface area contributed by atoms with Gasteiger partial charge >= 0.3 is 12.2 Å². The highest BCUT2D eigenvalue weighted by Gasteiger charge is 2.38. The number of pyridine rings is 1. The fourth-order valence-corrected chi connectivity index (χ4v) is 3.90. The van der Waals surface area contributed by atoms with Crippen molar-refractivity contribution in [1.29, 1.82) is 0 Å². The molecule has 4 aliphatic heterocycles. The van der Waals surface area contributed by atoms with Gasteiger partial charge in [-0.05, 0) is 18.1 Å². The summed E-state index contributed by atoms with van der Waals surface area (Å²) in [6.07, 6.45) is 0.212. The Labute approximate surface area is 154 Å². The number of alkyl halides is 3. The average molecular weight is 379 g/mol. The maximum absolute atomic E-state index is 12.4. The van der Waals surface area contributed by atoms with Crippen LogP contribution in [0.25, 0.3) is 11.3 Å². The first kappa shape index (κ1) is 17.8. The van der Waals surface area contributed by atoms with Gasteiger partial charge in [-0.25, -0.2) is 14.8 Å². The van der Waals surface area contributed by atoms with Gasteiger partial charge in [0, 0.05) is 42.7 Å². The number of nitrogens with one attached hydrogen (secondary N) is 1. The van der Waals surface area contributed by atoms with Gasteiger partial charge in [-0.15, -0.1) is 0 Å². The van der Waals surface area contributed by atoms with Crippen molar-refractivity contribution in [2.45, 2.75) is 32.0 Å². The van der Waals surface area contributed by atoms with E-state index < -0.39 is 18.8 Å². The smallest absolute Gasteiger partial charge is 0.329 e. The van der Waals surface area contributed by atoms with Crippen LogP contribution >= 0.6 is 0 Å². The number of likely N-dealkylation sites (tertiary alicyclic amines) is 1. The zero-order chi connectivity index (χ0) is 19.2. The minimum Gasteiger partial charge on any atom is -0.329 e. The van der Waals surface area contributed by atoms with Crippen molar-refractivity contribution < 1.29 is 18.0 Å². The summed E-state index contributed by atoms with van der Waals surface area (Å²) in [7, 11) is 0. The zero-order valence-electron chi connectivity index (χ0n) is 14.8. The normalized spacial score (nSPS) is 21.9. The molecule has 2 amide bonds. The Morgan fingerprint density at radius 3 is 2.93 bits per heavy atom. The second-order valence-corrected chi connectivity index (χ2v) is 7.04. The fourth-order valence-electron chi connectivity index (χ4n) is 3.90. The van der Waals surface area contributed by atoms with E-state index in [4.69, 9.17) is 4.98 Å². The van der Waals surface area contributed by atoms with Crippen LogP contribution in [0.1, 0.15) is 25.0 Å². The fraction of sp³-hybridized carbons (Fsp3) is 0.500. The number of amides is 2. The molecule has 1 fully saturated rings. The molecule has 9 heteroatoms. The summed E-state index contributed by atoms with van der Waals surface area (Å²) in [6.45, 7) is 2.23. The van der Waals surface area contributed by atoms with E-state index in [-0.39, 0.29) is 11.8 Å². The zero-order valence-corrected chi connectivity index (χ0v) is 14.8. The first-order chi connectivity index (χ1) is 12.9. The molecular weight excluding hydrogens is 359 g/mol. The summed E-state index contributed by atoms with van der Waals surface area (Å²) < 4.78 is 39.1. The summed E-state index contributed by atoms with van der Waals surface area (Å²) in [4.78, 5) is 22.7. The van der Waals surface area contributed by atoms with E-state index >= 15 is 0 Å². The van der Waals surface area contributed by atoms with Crippen molar-refractivity contribution in [3.8, 4) is 11.3 Å². The Balaban J connectivity index is 1.55. The number of carbonyl (C=O) groups excluding carboxylic acids is 1. The van der Waals surface area contributed by atoms with Crippen LogP contribution in [0.3, 0.4) is 0 Å². The molecular formula is C18H20F3N5O. The van der Waals surface area contributed by atoms with Crippen molar-refractivity contribution in [2.75, 3.05) is 19.6 Å².